The molecule has 0 aliphatic heterocycles. The molecule has 4 nitrogen and oxygen atoms in total. The van der Waals surface area contributed by atoms with Gasteiger partial charge >= 0.3 is 0 Å². The third-order valence-corrected chi connectivity index (χ3v) is 3.72. The Kier molecular flexibility index (Phi) is 3.45. The number of benzene rings is 1. The van der Waals surface area contributed by atoms with Crippen LogP contribution in [-0.4, -0.2) is 24.8 Å². The van der Waals surface area contributed by atoms with Crippen molar-refractivity contribution < 1.29 is 13.5 Å². The van der Waals surface area contributed by atoms with E-state index < -0.39 is 9.84 Å². The van der Waals surface area contributed by atoms with Crippen molar-refractivity contribution in [2.24, 2.45) is 0 Å². The van der Waals surface area contributed by atoms with E-state index in [9.17, 15) is 8.42 Å². The second-order valence-electron chi connectivity index (χ2n) is 3.99. The van der Waals surface area contributed by atoms with Crippen LogP contribution in [-0.2, 0) is 16.4 Å². The van der Waals surface area contributed by atoms with Gasteiger partial charge in [-0.15, -0.1) is 0 Å². The minimum Gasteiger partial charge on any atom is -0.390 e. The summed E-state index contributed by atoms with van der Waals surface area (Å²) < 4.78 is 22.7. The monoisotopic (exact) mass is 263 g/mol. The van der Waals surface area contributed by atoms with Crippen LogP contribution in [0.4, 0.5) is 0 Å². The van der Waals surface area contributed by atoms with Gasteiger partial charge in [0, 0.05) is 12.5 Å². The first kappa shape index (κ1) is 12.7. The molecule has 0 bridgehead atoms. The molecule has 1 aromatic carbocycles. The minimum absolute atomic E-state index is 0.116. The molecular formula is C13H13NO3S. The van der Waals surface area contributed by atoms with E-state index >= 15 is 0 Å². The Morgan fingerprint density at radius 2 is 1.78 bits per heavy atom. The second kappa shape index (κ2) is 4.88. The molecule has 0 saturated carbocycles. The quantitative estimate of drug-likeness (QED) is 0.914. The molecule has 18 heavy (non-hydrogen) atoms. The third-order valence-electron chi connectivity index (χ3n) is 2.59. The Balaban J connectivity index is 2.40. The zero-order chi connectivity index (χ0) is 13.2. The first-order valence-electron chi connectivity index (χ1n) is 5.37. The number of hydrogen-bond donors (Lipinski definition) is 1. The normalized spacial score (nSPS) is 11.4. The lowest BCUT2D eigenvalue weighted by Gasteiger charge is -2.04. The second-order valence-corrected chi connectivity index (χ2v) is 6.01. The van der Waals surface area contributed by atoms with Crippen LogP contribution in [0.25, 0.3) is 11.1 Å². The molecule has 2 rings (SSSR count). The van der Waals surface area contributed by atoms with E-state index in [1.165, 1.54) is 6.26 Å². The van der Waals surface area contributed by atoms with Crippen LogP contribution < -0.4 is 0 Å². The number of aliphatic hydroxyl groups excluding tert-OH is 1. The van der Waals surface area contributed by atoms with Gasteiger partial charge in [-0.05, 0) is 35.4 Å². The number of pyridine rings is 1. The Labute approximate surface area is 106 Å². The first-order chi connectivity index (χ1) is 8.50. The average Bonchev–Trinajstić information content (AvgIpc) is 2.38. The standard InChI is InChI=1S/C13H13NO3S/c1-18(16,17)13-4-2-10(3-5-13)11-6-7-14-12(8-11)9-15/h2-8,15H,9H2,1H3. The predicted molar refractivity (Wildman–Crippen MR) is 68.7 cm³/mol. The van der Waals surface area contributed by atoms with Gasteiger partial charge in [0.1, 0.15) is 0 Å². The highest BCUT2D eigenvalue weighted by Gasteiger charge is 2.07. The van der Waals surface area contributed by atoms with Crippen molar-refractivity contribution in [1.82, 2.24) is 4.98 Å². The number of hydrogen-bond acceptors (Lipinski definition) is 4. The molecule has 1 N–H and O–H groups in total. The Morgan fingerprint density at radius 3 is 2.33 bits per heavy atom. The van der Waals surface area contributed by atoms with Gasteiger partial charge in [-0.25, -0.2) is 8.42 Å². The number of aromatic nitrogens is 1. The SMILES string of the molecule is CS(=O)(=O)c1ccc(-c2ccnc(CO)c2)cc1. The summed E-state index contributed by atoms with van der Waals surface area (Å²) in [7, 11) is -3.17. The molecule has 0 fully saturated rings. The van der Waals surface area contributed by atoms with Crippen molar-refractivity contribution in [3.63, 3.8) is 0 Å². The molecule has 1 heterocycles. The van der Waals surface area contributed by atoms with E-state index in [0.29, 0.717) is 10.6 Å². The van der Waals surface area contributed by atoms with Gasteiger partial charge in [0.15, 0.2) is 9.84 Å². The summed E-state index contributed by atoms with van der Waals surface area (Å²) in [6, 6.07) is 10.2. The fraction of sp³-hybridized carbons (Fsp3) is 0.154. The lowest BCUT2D eigenvalue weighted by atomic mass is 10.1. The zero-order valence-electron chi connectivity index (χ0n) is 9.87. The van der Waals surface area contributed by atoms with Crippen molar-refractivity contribution in [2.75, 3.05) is 6.26 Å². The molecule has 0 aliphatic carbocycles. The lowest BCUT2D eigenvalue weighted by molar-refractivity contribution is 0.277. The van der Waals surface area contributed by atoms with Crippen molar-refractivity contribution in [2.45, 2.75) is 11.5 Å². The van der Waals surface area contributed by atoms with Crippen LogP contribution in [0.5, 0.6) is 0 Å². The van der Waals surface area contributed by atoms with E-state index in [1.54, 1.807) is 36.5 Å². The first-order valence-corrected chi connectivity index (χ1v) is 7.26. The molecule has 0 spiro atoms. The summed E-state index contributed by atoms with van der Waals surface area (Å²) in [5.74, 6) is 0. The summed E-state index contributed by atoms with van der Waals surface area (Å²) in [5.41, 5.74) is 2.37. The number of rotatable bonds is 3. The van der Waals surface area contributed by atoms with Gasteiger partial charge in [-0.3, -0.25) is 4.98 Å². The van der Waals surface area contributed by atoms with Crippen LogP contribution in [0.3, 0.4) is 0 Å². The predicted octanol–water partition coefficient (Wildman–Crippen LogP) is 1.64. The van der Waals surface area contributed by atoms with Gasteiger partial charge in [-0.1, -0.05) is 12.1 Å². The van der Waals surface area contributed by atoms with Crippen molar-refractivity contribution in [3.05, 3.63) is 48.3 Å². The zero-order valence-corrected chi connectivity index (χ0v) is 10.7. The van der Waals surface area contributed by atoms with E-state index in [2.05, 4.69) is 4.98 Å². The maximum atomic E-state index is 11.3. The maximum Gasteiger partial charge on any atom is 0.175 e. The van der Waals surface area contributed by atoms with E-state index in [4.69, 9.17) is 5.11 Å². The van der Waals surface area contributed by atoms with Gasteiger partial charge in [-0.2, -0.15) is 0 Å². The fourth-order valence-corrected chi connectivity index (χ4v) is 2.27. The van der Waals surface area contributed by atoms with Crippen LogP contribution in [0.2, 0.25) is 0 Å². The molecule has 5 heteroatoms. The Hall–Kier alpha value is -1.72. The molecule has 0 atom stereocenters. The highest BCUT2D eigenvalue weighted by Crippen LogP contribution is 2.21. The van der Waals surface area contributed by atoms with Crippen LogP contribution in [0, 0.1) is 0 Å². The highest BCUT2D eigenvalue weighted by molar-refractivity contribution is 7.90. The number of nitrogens with zero attached hydrogens (tertiary/aromatic N) is 1. The molecule has 0 aliphatic rings. The molecule has 0 unspecified atom stereocenters. The van der Waals surface area contributed by atoms with Crippen molar-refractivity contribution in [1.29, 1.82) is 0 Å². The molecule has 0 amide bonds. The van der Waals surface area contributed by atoms with Crippen molar-refractivity contribution >= 4 is 9.84 Å². The fourth-order valence-electron chi connectivity index (χ4n) is 1.64. The Morgan fingerprint density at radius 1 is 1.11 bits per heavy atom. The van der Waals surface area contributed by atoms with E-state index in [1.807, 2.05) is 6.07 Å². The smallest absolute Gasteiger partial charge is 0.175 e. The van der Waals surface area contributed by atoms with E-state index in [-0.39, 0.29) is 6.61 Å². The topological polar surface area (TPSA) is 67.3 Å². The number of aliphatic hydroxyl groups is 1. The highest BCUT2D eigenvalue weighted by atomic mass is 32.2. The molecule has 0 radical (unpaired) electrons. The summed E-state index contributed by atoms with van der Waals surface area (Å²) in [6.07, 6.45) is 2.80. The van der Waals surface area contributed by atoms with Crippen molar-refractivity contribution in [3.8, 4) is 11.1 Å². The van der Waals surface area contributed by atoms with E-state index in [0.717, 1.165) is 11.1 Å². The number of sulfone groups is 1. The average molecular weight is 263 g/mol. The minimum atomic E-state index is -3.17. The lowest BCUT2D eigenvalue weighted by Crippen LogP contribution is -1.96. The summed E-state index contributed by atoms with van der Waals surface area (Å²) in [4.78, 5) is 4.29. The molecule has 2 aromatic rings. The maximum absolute atomic E-state index is 11.3. The Bertz CT molecular complexity index is 648. The van der Waals surface area contributed by atoms with Crippen LogP contribution in [0.1, 0.15) is 5.69 Å². The summed E-state index contributed by atoms with van der Waals surface area (Å²) in [5, 5.41) is 9.02. The molecule has 0 saturated heterocycles. The third kappa shape index (κ3) is 2.75. The van der Waals surface area contributed by atoms with Gasteiger partial charge in [0.05, 0.1) is 17.2 Å². The van der Waals surface area contributed by atoms with Gasteiger partial charge in [0.25, 0.3) is 0 Å². The van der Waals surface area contributed by atoms with Crippen LogP contribution >= 0.6 is 0 Å². The summed E-state index contributed by atoms with van der Waals surface area (Å²) in [6.45, 7) is -0.116. The molecule has 94 valence electrons. The van der Waals surface area contributed by atoms with Gasteiger partial charge in [0.2, 0.25) is 0 Å². The molecular weight excluding hydrogens is 250 g/mol. The molecule has 1 aromatic heterocycles. The largest absolute Gasteiger partial charge is 0.390 e. The summed E-state index contributed by atoms with van der Waals surface area (Å²) >= 11 is 0. The van der Waals surface area contributed by atoms with Gasteiger partial charge < -0.3 is 5.11 Å². The van der Waals surface area contributed by atoms with Crippen LogP contribution in [0.15, 0.2) is 47.5 Å².